The zero-order chi connectivity index (χ0) is 20.5. The zero-order valence-corrected chi connectivity index (χ0v) is 17.0. The number of aromatic nitrogens is 3. The van der Waals surface area contributed by atoms with Crippen molar-refractivity contribution in [1.29, 1.82) is 0 Å². The molecule has 0 saturated carbocycles. The highest BCUT2D eigenvalue weighted by molar-refractivity contribution is 7.22. The van der Waals surface area contributed by atoms with E-state index in [0.29, 0.717) is 18.9 Å². The van der Waals surface area contributed by atoms with Crippen LogP contribution in [0.15, 0.2) is 43.4 Å². The SMILES string of the molecule is C=CC(=O)NCCn1cc(-c2cc3cc(C)cc(OC)c3s2)c2c(N)ncnc21. The summed E-state index contributed by atoms with van der Waals surface area (Å²) in [6.07, 6.45) is 4.73. The summed E-state index contributed by atoms with van der Waals surface area (Å²) in [5.41, 5.74) is 9.06. The van der Waals surface area contributed by atoms with Gasteiger partial charge in [-0.25, -0.2) is 9.97 Å². The summed E-state index contributed by atoms with van der Waals surface area (Å²) in [5, 5.41) is 4.72. The average Bonchev–Trinajstić information content (AvgIpc) is 3.29. The van der Waals surface area contributed by atoms with Gasteiger partial charge < -0.3 is 20.4 Å². The lowest BCUT2D eigenvalue weighted by Crippen LogP contribution is -2.25. The highest BCUT2D eigenvalue weighted by atomic mass is 32.1. The van der Waals surface area contributed by atoms with Crippen LogP contribution in [0.3, 0.4) is 0 Å². The van der Waals surface area contributed by atoms with Crippen molar-refractivity contribution < 1.29 is 9.53 Å². The van der Waals surface area contributed by atoms with E-state index < -0.39 is 0 Å². The van der Waals surface area contributed by atoms with Crippen molar-refractivity contribution in [3.8, 4) is 16.2 Å². The molecular weight excluding hydrogens is 386 g/mol. The van der Waals surface area contributed by atoms with Gasteiger partial charge in [0.15, 0.2) is 0 Å². The Labute approximate surface area is 171 Å². The molecule has 0 bridgehead atoms. The van der Waals surface area contributed by atoms with E-state index in [1.165, 1.54) is 12.4 Å². The molecule has 3 N–H and O–H groups in total. The van der Waals surface area contributed by atoms with Gasteiger partial charge in [0.05, 0.1) is 17.2 Å². The van der Waals surface area contributed by atoms with Crippen LogP contribution in [0.25, 0.3) is 31.6 Å². The molecule has 0 aliphatic heterocycles. The van der Waals surface area contributed by atoms with Crippen molar-refractivity contribution in [2.24, 2.45) is 0 Å². The summed E-state index contributed by atoms with van der Waals surface area (Å²) in [4.78, 5) is 21.1. The van der Waals surface area contributed by atoms with Gasteiger partial charge in [0.2, 0.25) is 5.91 Å². The van der Waals surface area contributed by atoms with Gasteiger partial charge in [-0.05, 0) is 36.1 Å². The van der Waals surface area contributed by atoms with Gasteiger partial charge >= 0.3 is 0 Å². The number of amides is 1. The molecule has 4 rings (SSSR count). The maximum Gasteiger partial charge on any atom is 0.243 e. The van der Waals surface area contributed by atoms with Crippen molar-refractivity contribution in [3.63, 3.8) is 0 Å². The Morgan fingerprint density at radius 2 is 2.21 bits per heavy atom. The number of hydrogen-bond acceptors (Lipinski definition) is 6. The van der Waals surface area contributed by atoms with Crippen LogP contribution >= 0.6 is 11.3 Å². The molecule has 0 atom stereocenters. The molecule has 0 spiro atoms. The highest BCUT2D eigenvalue weighted by Crippen LogP contribution is 2.42. The maximum atomic E-state index is 11.4. The molecule has 29 heavy (non-hydrogen) atoms. The quantitative estimate of drug-likeness (QED) is 0.477. The lowest BCUT2D eigenvalue weighted by Gasteiger charge is -2.05. The standard InChI is InChI=1S/C21H21N5O2S/c1-4-17(27)23-5-6-26-10-14(18-20(22)24-11-25-21(18)26)16-9-13-7-12(2)8-15(28-3)19(13)29-16/h4,7-11H,1,5-6H2,2-3H3,(H,23,27)(H2,22,24,25). The minimum Gasteiger partial charge on any atom is -0.495 e. The van der Waals surface area contributed by atoms with Crippen molar-refractivity contribution in [1.82, 2.24) is 19.9 Å². The predicted molar refractivity (Wildman–Crippen MR) is 117 cm³/mol. The second kappa shape index (κ2) is 7.56. The van der Waals surface area contributed by atoms with Crippen LogP contribution in [0, 0.1) is 6.92 Å². The van der Waals surface area contributed by atoms with E-state index >= 15 is 0 Å². The molecule has 0 aliphatic carbocycles. The Morgan fingerprint density at radius 3 is 2.97 bits per heavy atom. The fraction of sp³-hybridized carbons (Fsp3) is 0.190. The summed E-state index contributed by atoms with van der Waals surface area (Å²) < 4.78 is 8.64. The van der Waals surface area contributed by atoms with E-state index in [2.05, 4.69) is 40.9 Å². The summed E-state index contributed by atoms with van der Waals surface area (Å²) >= 11 is 1.65. The number of nitrogen functional groups attached to an aromatic ring is 1. The molecule has 4 aromatic rings. The lowest BCUT2D eigenvalue weighted by atomic mass is 10.1. The zero-order valence-electron chi connectivity index (χ0n) is 16.2. The number of carbonyl (C=O) groups excluding carboxylic acids is 1. The van der Waals surface area contributed by atoms with Crippen molar-refractivity contribution in [3.05, 3.63) is 48.9 Å². The van der Waals surface area contributed by atoms with Crippen LogP contribution in [0.5, 0.6) is 5.75 Å². The number of thiophene rings is 1. The molecule has 3 aromatic heterocycles. The number of hydrogen-bond donors (Lipinski definition) is 2. The van der Waals surface area contributed by atoms with Crippen LogP contribution in [0.4, 0.5) is 5.82 Å². The predicted octanol–water partition coefficient (Wildman–Crippen LogP) is 3.51. The number of aryl methyl sites for hydroxylation is 1. The first-order valence-corrected chi connectivity index (χ1v) is 9.91. The van der Waals surface area contributed by atoms with Gasteiger partial charge in [0.1, 0.15) is 23.5 Å². The molecule has 0 unspecified atom stereocenters. The average molecular weight is 407 g/mol. The Hall–Kier alpha value is -3.39. The molecule has 0 saturated heterocycles. The lowest BCUT2D eigenvalue weighted by molar-refractivity contribution is -0.116. The Kier molecular flexibility index (Phi) is 4.94. The third-order valence-electron chi connectivity index (χ3n) is 4.73. The van der Waals surface area contributed by atoms with E-state index in [0.717, 1.165) is 42.9 Å². The molecule has 1 amide bonds. The number of methoxy groups -OCH3 is 1. The maximum absolute atomic E-state index is 11.4. The first kappa shape index (κ1) is 18.9. The second-order valence-corrected chi connectivity index (χ2v) is 7.74. The van der Waals surface area contributed by atoms with Crippen LogP contribution in [-0.4, -0.2) is 34.1 Å². The number of rotatable bonds is 6. The van der Waals surface area contributed by atoms with Gasteiger partial charge in [-0.2, -0.15) is 0 Å². The topological polar surface area (TPSA) is 95.1 Å². The minimum absolute atomic E-state index is 0.206. The van der Waals surface area contributed by atoms with Gasteiger partial charge in [-0.3, -0.25) is 4.79 Å². The summed E-state index contributed by atoms with van der Waals surface area (Å²) in [7, 11) is 1.68. The van der Waals surface area contributed by atoms with Gasteiger partial charge in [0.25, 0.3) is 0 Å². The molecule has 1 aromatic carbocycles. The van der Waals surface area contributed by atoms with E-state index in [-0.39, 0.29) is 5.91 Å². The van der Waals surface area contributed by atoms with E-state index in [1.807, 2.05) is 16.8 Å². The number of nitrogens with two attached hydrogens (primary N) is 1. The molecule has 7 nitrogen and oxygen atoms in total. The number of nitrogens with one attached hydrogen (secondary N) is 1. The number of carbonyl (C=O) groups is 1. The molecule has 3 heterocycles. The van der Waals surface area contributed by atoms with E-state index in [9.17, 15) is 4.79 Å². The van der Waals surface area contributed by atoms with Crippen molar-refractivity contribution >= 4 is 44.2 Å². The molecule has 0 aliphatic rings. The van der Waals surface area contributed by atoms with Crippen LogP contribution < -0.4 is 15.8 Å². The number of anilines is 1. The molecule has 0 radical (unpaired) electrons. The summed E-state index contributed by atoms with van der Waals surface area (Å²) in [6, 6.07) is 6.31. The fourth-order valence-corrected chi connectivity index (χ4v) is 4.57. The Morgan fingerprint density at radius 1 is 1.38 bits per heavy atom. The number of ether oxygens (including phenoxy) is 1. The van der Waals surface area contributed by atoms with Crippen LogP contribution in [-0.2, 0) is 11.3 Å². The van der Waals surface area contributed by atoms with Crippen LogP contribution in [0.1, 0.15) is 5.56 Å². The molecule has 148 valence electrons. The van der Waals surface area contributed by atoms with Crippen molar-refractivity contribution in [2.75, 3.05) is 19.4 Å². The molecular formula is C21H21N5O2S. The first-order valence-electron chi connectivity index (χ1n) is 9.10. The van der Waals surface area contributed by atoms with E-state index in [1.54, 1.807) is 18.4 Å². The number of fused-ring (bicyclic) bond motifs is 2. The Balaban J connectivity index is 1.82. The third kappa shape index (κ3) is 3.42. The normalized spacial score (nSPS) is 11.1. The Bertz CT molecular complexity index is 1240. The highest BCUT2D eigenvalue weighted by Gasteiger charge is 2.18. The number of benzene rings is 1. The van der Waals surface area contributed by atoms with Gasteiger partial charge in [-0.1, -0.05) is 12.6 Å². The summed E-state index contributed by atoms with van der Waals surface area (Å²) in [6.45, 7) is 6.53. The van der Waals surface area contributed by atoms with Crippen LogP contribution in [0.2, 0.25) is 0 Å². The first-order chi connectivity index (χ1) is 14.0. The summed E-state index contributed by atoms with van der Waals surface area (Å²) in [5.74, 6) is 1.08. The third-order valence-corrected chi connectivity index (χ3v) is 5.93. The monoisotopic (exact) mass is 407 g/mol. The van der Waals surface area contributed by atoms with Crippen molar-refractivity contribution in [2.45, 2.75) is 13.5 Å². The fourth-order valence-electron chi connectivity index (χ4n) is 3.42. The largest absolute Gasteiger partial charge is 0.495 e. The van der Waals surface area contributed by atoms with Gasteiger partial charge in [-0.15, -0.1) is 11.3 Å². The minimum atomic E-state index is -0.206. The second-order valence-electron chi connectivity index (χ2n) is 6.69. The van der Waals surface area contributed by atoms with E-state index in [4.69, 9.17) is 10.5 Å². The smallest absolute Gasteiger partial charge is 0.243 e. The molecule has 0 fully saturated rings. The van der Waals surface area contributed by atoms with Gasteiger partial charge in [0, 0.05) is 29.7 Å². The number of nitrogens with zero attached hydrogens (tertiary/aromatic N) is 3. The molecule has 8 heteroatoms.